The lowest BCUT2D eigenvalue weighted by Gasteiger charge is -2.11. The molecule has 2 aromatic carbocycles. The molecule has 27 heavy (non-hydrogen) atoms. The monoisotopic (exact) mass is 367 g/mol. The van der Waals surface area contributed by atoms with E-state index >= 15 is 0 Å². The van der Waals surface area contributed by atoms with E-state index in [2.05, 4.69) is 60.1 Å². The van der Waals surface area contributed by atoms with E-state index in [0.29, 0.717) is 0 Å². The minimum Gasteiger partial charge on any atom is -0.315 e. The van der Waals surface area contributed by atoms with Crippen LogP contribution in [0.3, 0.4) is 0 Å². The van der Waals surface area contributed by atoms with Gasteiger partial charge in [-0.15, -0.1) is 5.54 Å². The lowest BCUT2D eigenvalue weighted by Crippen LogP contribution is -2.16. The van der Waals surface area contributed by atoms with Crippen molar-refractivity contribution in [2.45, 2.75) is 19.6 Å². The van der Waals surface area contributed by atoms with E-state index in [-0.39, 0.29) is 0 Å². The molecular formula is C23H21N3Si. The standard InChI is InChI=1S/C23H21N3Si/c1-27(2,3)17-15-21-23(25-20-13-8-7-12-19(20)24-21)22-14-9-16-26(22)18-10-5-4-6-11-18/h4-14,16H,1-3H3. The van der Waals surface area contributed by atoms with Gasteiger partial charge in [-0.1, -0.05) is 55.9 Å². The molecule has 3 nitrogen and oxygen atoms in total. The van der Waals surface area contributed by atoms with Gasteiger partial charge < -0.3 is 4.57 Å². The Hall–Kier alpha value is -3.16. The summed E-state index contributed by atoms with van der Waals surface area (Å²) in [6.07, 6.45) is 2.05. The van der Waals surface area contributed by atoms with Crippen LogP contribution >= 0.6 is 0 Å². The Balaban J connectivity index is 1.96. The first-order chi connectivity index (χ1) is 13.0. The third-order valence-electron chi connectivity index (χ3n) is 4.15. The van der Waals surface area contributed by atoms with Crippen molar-refractivity contribution < 1.29 is 0 Å². The smallest absolute Gasteiger partial charge is 0.141 e. The van der Waals surface area contributed by atoms with E-state index in [4.69, 9.17) is 9.97 Å². The van der Waals surface area contributed by atoms with Crippen molar-refractivity contribution in [2.75, 3.05) is 0 Å². The number of benzene rings is 2. The quantitative estimate of drug-likeness (QED) is 0.355. The van der Waals surface area contributed by atoms with Gasteiger partial charge in [-0.05, 0) is 36.4 Å². The molecule has 0 saturated heterocycles. The van der Waals surface area contributed by atoms with Crippen molar-refractivity contribution in [1.82, 2.24) is 14.5 Å². The Morgan fingerprint density at radius 2 is 1.44 bits per heavy atom. The number of fused-ring (bicyclic) bond motifs is 1. The van der Waals surface area contributed by atoms with Gasteiger partial charge in [-0.3, -0.25) is 0 Å². The van der Waals surface area contributed by atoms with Crippen molar-refractivity contribution in [3.8, 4) is 28.5 Å². The maximum atomic E-state index is 4.93. The maximum absolute atomic E-state index is 4.93. The van der Waals surface area contributed by atoms with Crippen LogP contribution in [0.5, 0.6) is 0 Å². The lowest BCUT2D eigenvalue weighted by molar-refractivity contribution is 1.07. The van der Waals surface area contributed by atoms with Gasteiger partial charge in [-0.25, -0.2) is 9.97 Å². The predicted octanol–water partition coefficient (Wildman–Crippen LogP) is 5.32. The van der Waals surface area contributed by atoms with Crippen LogP contribution in [0.2, 0.25) is 19.6 Å². The van der Waals surface area contributed by atoms with E-state index in [1.54, 1.807) is 0 Å². The fraction of sp³-hybridized carbons (Fsp3) is 0.130. The number of para-hydroxylation sites is 3. The van der Waals surface area contributed by atoms with Crippen molar-refractivity contribution in [3.05, 3.63) is 78.6 Å². The first-order valence-corrected chi connectivity index (χ1v) is 12.5. The summed E-state index contributed by atoms with van der Waals surface area (Å²) in [5, 5.41) is 0. The second-order valence-electron chi connectivity index (χ2n) is 7.51. The van der Waals surface area contributed by atoms with Gasteiger partial charge in [0.25, 0.3) is 0 Å². The van der Waals surface area contributed by atoms with Crippen LogP contribution in [0.15, 0.2) is 72.9 Å². The van der Waals surface area contributed by atoms with E-state index in [1.165, 1.54) is 0 Å². The van der Waals surface area contributed by atoms with Crippen LogP contribution in [-0.4, -0.2) is 22.6 Å². The topological polar surface area (TPSA) is 30.7 Å². The summed E-state index contributed by atoms with van der Waals surface area (Å²) in [4.78, 5) is 9.78. The highest BCUT2D eigenvalue weighted by Gasteiger charge is 2.15. The van der Waals surface area contributed by atoms with Gasteiger partial charge in [0.15, 0.2) is 0 Å². The number of nitrogens with zero attached hydrogens (tertiary/aromatic N) is 3. The van der Waals surface area contributed by atoms with E-state index in [0.717, 1.165) is 33.8 Å². The van der Waals surface area contributed by atoms with Crippen LogP contribution < -0.4 is 0 Å². The summed E-state index contributed by atoms with van der Waals surface area (Å²) in [6.45, 7) is 6.71. The molecule has 0 unspecified atom stereocenters. The van der Waals surface area contributed by atoms with E-state index in [1.807, 2.05) is 48.5 Å². The molecule has 0 radical (unpaired) electrons. The zero-order valence-corrected chi connectivity index (χ0v) is 16.8. The third kappa shape index (κ3) is 3.69. The Morgan fingerprint density at radius 1 is 0.778 bits per heavy atom. The molecule has 0 aliphatic heterocycles. The first kappa shape index (κ1) is 17.3. The second-order valence-corrected chi connectivity index (χ2v) is 12.3. The molecule has 2 aromatic heterocycles. The van der Waals surface area contributed by atoms with Crippen molar-refractivity contribution in [3.63, 3.8) is 0 Å². The fourth-order valence-electron chi connectivity index (χ4n) is 2.90. The zero-order chi connectivity index (χ0) is 18.9. The molecule has 2 heterocycles. The maximum Gasteiger partial charge on any atom is 0.141 e. The van der Waals surface area contributed by atoms with E-state index < -0.39 is 8.07 Å². The molecular weight excluding hydrogens is 346 g/mol. The number of hydrogen-bond acceptors (Lipinski definition) is 2. The highest BCUT2D eigenvalue weighted by molar-refractivity contribution is 6.83. The molecule has 0 N–H and O–H groups in total. The lowest BCUT2D eigenvalue weighted by atomic mass is 10.2. The van der Waals surface area contributed by atoms with Gasteiger partial charge in [0.1, 0.15) is 19.5 Å². The average Bonchev–Trinajstić information content (AvgIpc) is 3.15. The van der Waals surface area contributed by atoms with Gasteiger partial charge in [0, 0.05) is 11.9 Å². The molecule has 0 aliphatic rings. The largest absolute Gasteiger partial charge is 0.315 e. The van der Waals surface area contributed by atoms with Crippen LogP contribution in [0, 0.1) is 11.5 Å². The number of rotatable bonds is 2. The fourth-order valence-corrected chi connectivity index (χ4v) is 3.39. The highest BCUT2D eigenvalue weighted by Crippen LogP contribution is 2.26. The molecule has 0 atom stereocenters. The molecule has 0 fully saturated rings. The van der Waals surface area contributed by atoms with Crippen LogP contribution in [-0.2, 0) is 0 Å². The van der Waals surface area contributed by atoms with Gasteiger partial charge in [-0.2, -0.15) is 0 Å². The molecule has 4 heteroatoms. The summed E-state index contributed by atoms with van der Waals surface area (Å²) < 4.78 is 2.14. The Kier molecular flexibility index (Phi) is 4.39. The minimum absolute atomic E-state index is 0.743. The molecule has 0 saturated carbocycles. The Morgan fingerprint density at radius 3 is 2.15 bits per heavy atom. The molecule has 0 spiro atoms. The Labute approximate surface area is 160 Å². The number of hydrogen-bond donors (Lipinski definition) is 0. The minimum atomic E-state index is -1.53. The van der Waals surface area contributed by atoms with Crippen molar-refractivity contribution in [1.29, 1.82) is 0 Å². The molecule has 0 amide bonds. The van der Waals surface area contributed by atoms with Crippen molar-refractivity contribution in [2.24, 2.45) is 0 Å². The van der Waals surface area contributed by atoms with Gasteiger partial charge >= 0.3 is 0 Å². The van der Waals surface area contributed by atoms with E-state index in [9.17, 15) is 0 Å². The normalized spacial score (nSPS) is 11.2. The summed E-state index contributed by atoms with van der Waals surface area (Å²) in [7, 11) is -1.53. The molecule has 132 valence electrons. The summed E-state index contributed by atoms with van der Waals surface area (Å²) in [5.41, 5.74) is 8.86. The number of aromatic nitrogens is 3. The first-order valence-electron chi connectivity index (χ1n) is 9.04. The predicted molar refractivity (Wildman–Crippen MR) is 115 cm³/mol. The zero-order valence-electron chi connectivity index (χ0n) is 15.8. The van der Waals surface area contributed by atoms with Crippen molar-refractivity contribution >= 4 is 19.1 Å². The highest BCUT2D eigenvalue weighted by atomic mass is 28.3. The van der Waals surface area contributed by atoms with Crippen LogP contribution in [0.1, 0.15) is 5.69 Å². The second kappa shape index (κ2) is 6.86. The molecule has 0 aliphatic carbocycles. The molecule has 0 bridgehead atoms. The average molecular weight is 368 g/mol. The Bertz CT molecular complexity index is 1160. The van der Waals surface area contributed by atoms with Crippen LogP contribution in [0.4, 0.5) is 0 Å². The third-order valence-corrected chi connectivity index (χ3v) is 5.03. The summed E-state index contributed by atoms with van der Waals surface area (Å²) >= 11 is 0. The molecule has 4 aromatic rings. The summed E-state index contributed by atoms with van der Waals surface area (Å²) in [5.74, 6) is 3.34. The molecule has 4 rings (SSSR count). The van der Waals surface area contributed by atoms with Gasteiger partial charge in [0.05, 0.1) is 16.7 Å². The van der Waals surface area contributed by atoms with Gasteiger partial charge in [0.2, 0.25) is 0 Å². The van der Waals surface area contributed by atoms with Crippen LogP contribution in [0.25, 0.3) is 28.1 Å². The summed E-state index contributed by atoms with van der Waals surface area (Å²) in [6, 6.07) is 22.3. The SMILES string of the molecule is C[Si](C)(C)C#Cc1nc2ccccc2nc1-c1cccn1-c1ccccc1.